The van der Waals surface area contributed by atoms with E-state index in [0.29, 0.717) is 35.7 Å². The number of rotatable bonds is 7. The van der Waals surface area contributed by atoms with Crippen LogP contribution in [0.5, 0.6) is 0 Å². The summed E-state index contributed by atoms with van der Waals surface area (Å²) in [7, 11) is 0. The van der Waals surface area contributed by atoms with Crippen LogP contribution in [-0.2, 0) is 28.3 Å². The van der Waals surface area contributed by atoms with Gasteiger partial charge in [-0.25, -0.2) is 4.39 Å². The van der Waals surface area contributed by atoms with Gasteiger partial charge in [0.2, 0.25) is 0 Å². The van der Waals surface area contributed by atoms with Crippen LogP contribution in [0.3, 0.4) is 0 Å². The van der Waals surface area contributed by atoms with Crippen molar-refractivity contribution in [1.82, 2.24) is 5.32 Å². The van der Waals surface area contributed by atoms with E-state index in [0.717, 1.165) is 17.7 Å². The Morgan fingerprint density at radius 3 is 2.55 bits per heavy atom. The van der Waals surface area contributed by atoms with Crippen LogP contribution in [0, 0.1) is 12.7 Å². The molecule has 0 aliphatic carbocycles. The first-order chi connectivity index (χ1) is 15.1. The second-order valence-electron chi connectivity index (χ2n) is 7.97. The van der Waals surface area contributed by atoms with Crippen LogP contribution in [0.25, 0.3) is 0 Å². The third-order valence-electron chi connectivity index (χ3n) is 5.91. The molecular formula is C26H27ClFNO2. The number of halogens is 2. The van der Waals surface area contributed by atoms with Crippen LogP contribution in [0.2, 0.25) is 5.02 Å². The average molecular weight is 440 g/mol. The minimum absolute atomic E-state index is 0.168. The van der Waals surface area contributed by atoms with Crippen LogP contribution in [0.1, 0.15) is 28.7 Å². The molecule has 5 heteroatoms. The molecule has 0 radical (unpaired) electrons. The van der Waals surface area contributed by atoms with Crippen molar-refractivity contribution in [3.05, 3.63) is 106 Å². The number of hydrogen-bond donors (Lipinski definition) is 1. The van der Waals surface area contributed by atoms with Crippen molar-refractivity contribution >= 4 is 11.6 Å². The summed E-state index contributed by atoms with van der Waals surface area (Å²) < 4.78 is 27.6. The second kappa shape index (κ2) is 9.92. The summed E-state index contributed by atoms with van der Waals surface area (Å²) >= 11 is 6.15. The zero-order valence-corrected chi connectivity index (χ0v) is 18.4. The van der Waals surface area contributed by atoms with Gasteiger partial charge in [0.05, 0.1) is 13.2 Å². The third-order valence-corrected chi connectivity index (χ3v) is 6.16. The topological polar surface area (TPSA) is 30.5 Å². The minimum atomic E-state index is -0.708. The maximum atomic E-state index is 14.7. The molecule has 1 fully saturated rings. The fraction of sp³-hybridized carbons (Fsp3) is 0.308. The maximum Gasteiger partial charge on any atom is 0.131 e. The Balaban J connectivity index is 1.64. The van der Waals surface area contributed by atoms with E-state index in [1.807, 2.05) is 60.7 Å². The molecule has 162 valence electrons. The molecule has 1 heterocycles. The maximum absolute atomic E-state index is 14.7. The number of benzene rings is 3. The number of hydrogen-bond acceptors (Lipinski definition) is 3. The number of ether oxygens (including phenoxy) is 2. The van der Waals surface area contributed by atoms with E-state index in [9.17, 15) is 4.39 Å². The predicted molar refractivity (Wildman–Crippen MR) is 122 cm³/mol. The molecule has 0 spiro atoms. The highest BCUT2D eigenvalue weighted by Gasteiger charge is 2.44. The van der Waals surface area contributed by atoms with Gasteiger partial charge in [-0.2, -0.15) is 0 Å². The van der Waals surface area contributed by atoms with Gasteiger partial charge in [0.1, 0.15) is 17.5 Å². The molecule has 3 aromatic carbocycles. The monoisotopic (exact) mass is 439 g/mol. The van der Waals surface area contributed by atoms with Crippen LogP contribution >= 0.6 is 11.6 Å². The fourth-order valence-corrected chi connectivity index (χ4v) is 4.26. The van der Waals surface area contributed by atoms with Gasteiger partial charge in [-0.1, -0.05) is 72.3 Å². The third kappa shape index (κ3) is 4.99. The van der Waals surface area contributed by atoms with Crippen molar-refractivity contribution in [3.63, 3.8) is 0 Å². The van der Waals surface area contributed by atoms with Gasteiger partial charge in [0.25, 0.3) is 0 Å². The lowest BCUT2D eigenvalue weighted by atomic mass is 9.82. The molecule has 1 saturated heterocycles. The molecule has 3 aromatic rings. The smallest absolute Gasteiger partial charge is 0.131 e. The molecule has 31 heavy (non-hydrogen) atoms. The first kappa shape index (κ1) is 22.0. The first-order valence-corrected chi connectivity index (χ1v) is 11.0. The van der Waals surface area contributed by atoms with Crippen molar-refractivity contribution in [2.45, 2.75) is 38.3 Å². The van der Waals surface area contributed by atoms with E-state index in [-0.39, 0.29) is 18.5 Å². The number of aryl methyl sites for hydroxylation is 1. The Kier molecular flexibility index (Phi) is 7.03. The van der Waals surface area contributed by atoms with Gasteiger partial charge in [0, 0.05) is 17.1 Å². The highest BCUT2D eigenvalue weighted by atomic mass is 35.5. The van der Waals surface area contributed by atoms with E-state index in [1.54, 1.807) is 19.1 Å². The lowest BCUT2D eigenvalue weighted by Gasteiger charge is -2.44. The van der Waals surface area contributed by atoms with E-state index in [4.69, 9.17) is 21.1 Å². The Bertz CT molecular complexity index is 996. The summed E-state index contributed by atoms with van der Waals surface area (Å²) in [5.41, 5.74) is 2.55. The summed E-state index contributed by atoms with van der Waals surface area (Å²) in [6, 6.07) is 23.2. The van der Waals surface area contributed by atoms with Crippen molar-refractivity contribution in [3.8, 4) is 0 Å². The Labute approximate surface area is 188 Å². The van der Waals surface area contributed by atoms with Gasteiger partial charge < -0.3 is 14.8 Å². The zero-order valence-electron chi connectivity index (χ0n) is 17.6. The molecule has 0 bridgehead atoms. The SMILES string of the molecule is Cc1cccc(COC2(c3ccc(Cl)cc3)CCNCC2OCc2ccccc2)c1F. The first-order valence-electron chi connectivity index (χ1n) is 10.6. The van der Waals surface area contributed by atoms with Gasteiger partial charge in [0.15, 0.2) is 0 Å². The second-order valence-corrected chi connectivity index (χ2v) is 8.41. The summed E-state index contributed by atoms with van der Waals surface area (Å²) in [5.74, 6) is -0.218. The van der Waals surface area contributed by atoms with Crippen LogP contribution in [0.4, 0.5) is 4.39 Å². The number of nitrogens with one attached hydrogen (secondary N) is 1. The lowest BCUT2D eigenvalue weighted by molar-refractivity contribution is -0.176. The van der Waals surface area contributed by atoms with E-state index >= 15 is 0 Å². The lowest BCUT2D eigenvalue weighted by Crippen LogP contribution is -2.54. The molecule has 1 N–H and O–H groups in total. The quantitative estimate of drug-likeness (QED) is 0.506. The van der Waals surface area contributed by atoms with Gasteiger partial charge in [-0.15, -0.1) is 0 Å². The van der Waals surface area contributed by atoms with Gasteiger partial charge in [-0.3, -0.25) is 0 Å². The average Bonchev–Trinajstić information content (AvgIpc) is 2.80. The molecule has 1 aliphatic rings. The summed E-state index contributed by atoms with van der Waals surface area (Å²) in [4.78, 5) is 0. The van der Waals surface area contributed by atoms with Gasteiger partial charge >= 0.3 is 0 Å². The Morgan fingerprint density at radius 2 is 1.77 bits per heavy atom. The molecule has 0 aromatic heterocycles. The standard InChI is InChI=1S/C26H27ClFNO2/c1-19-6-5-9-21(25(19)28)18-31-26(22-10-12-23(27)13-11-22)14-15-29-16-24(26)30-17-20-7-3-2-4-8-20/h2-13,24,29H,14-18H2,1H3. The van der Waals surface area contributed by atoms with Gasteiger partial charge in [-0.05, 0) is 48.7 Å². The Morgan fingerprint density at radius 1 is 1.00 bits per heavy atom. The van der Waals surface area contributed by atoms with Crippen molar-refractivity contribution in [1.29, 1.82) is 0 Å². The van der Waals surface area contributed by atoms with E-state index in [2.05, 4.69) is 5.32 Å². The summed E-state index contributed by atoms with van der Waals surface area (Å²) in [6.45, 7) is 3.84. The molecular weight excluding hydrogens is 413 g/mol. The van der Waals surface area contributed by atoms with Crippen LogP contribution in [0.15, 0.2) is 72.8 Å². The molecule has 0 amide bonds. The molecule has 2 unspecified atom stereocenters. The molecule has 0 saturated carbocycles. The minimum Gasteiger partial charge on any atom is -0.369 e. The normalized spacial score (nSPS) is 21.2. The summed E-state index contributed by atoms with van der Waals surface area (Å²) in [5, 5.41) is 4.09. The molecule has 4 rings (SSSR count). The summed E-state index contributed by atoms with van der Waals surface area (Å²) in [6.07, 6.45) is 0.470. The van der Waals surface area contributed by atoms with Crippen molar-refractivity contribution in [2.75, 3.05) is 13.1 Å². The van der Waals surface area contributed by atoms with Crippen LogP contribution < -0.4 is 5.32 Å². The fourth-order valence-electron chi connectivity index (χ4n) is 4.13. The zero-order chi connectivity index (χ0) is 21.7. The van der Waals surface area contributed by atoms with Crippen LogP contribution in [-0.4, -0.2) is 19.2 Å². The molecule has 3 nitrogen and oxygen atoms in total. The van der Waals surface area contributed by atoms with Crippen molar-refractivity contribution < 1.29 is 13.9 Å². The predicted octanol–water partition coefficient (Wildman–Crippen LogP) is 5.78. The largest absolute Gasteiger partial charge is 0.369 e. The van der Waals surface area contributed by atoms with E-state index in [1.165, 1.54) is 0 Å². The van der Waals surface area contributed by atoms with E-state index < -0.39 is 5.60 Å². The van der Waals surface area contributed by atoms with Crippen molar-refractivity contribution in [2.24, 2.45) is 0 Å². The number of piperidine rings is 1. The Hall–Kier alpha value is -2.24. The molecule has 2 atom stereocenters. The molecule has 1 aliphatic heterocycles. The highest BCUT2D eigenvalue weighted by Crippen LogP contribution is 2.39. The highest BCUT2D eigenvalue weighted by molar-refractivity contribution is 6.30.